The normalized spacial score (nSPS) is 10.5. The van der Waals surface area contributed by atoms with Gasteiger partial charge in [-0.25, -0.2) is 4.98 Å². The maximum Gasteiger partial charge on any atom is 0.131 e. The van der Waals surface area contributed by atoms with E-state index >= 15 is 0 Å². The summed E-state index contributed by atoms with van der Waals surface area (Å²) in [7, 11) is 2.08. The molecule has 0 spiro atoms. The highest BCUT2D eigenvalue weighted by Crippen LogP contribution is 2.20. The van der Waals surface area contributed by atoms with Crippen molar-refractivity contribution >= 4 is 33.1 Å². The van der Waals surface area contributed by atoms with Gasteiger partial charge in [0, 0.05) is 25.1 Å². The third-order valence-corrected chi connectivity index (χ3v) is 4.00. The van der Waals surface area contributed by atoms with E-state index in [1.165, 1.54) is 16.7 Å². The number of rotatable bonds is 4. The number of aromatic nitrogens is 1. The summed E-state index contributed by atoms with van der Waals surface area (Å²) in [5, 5.41) is 5.14. The molecule has 2 rings (SSSR count). The van der Waals surface area contributed by atoms with E-state index in [4.69, 9.17) is 0 Å². The van der Waals surface area contributed by atoms with Crippen molar-refractivity contribution in [2.75, 3.05) is 11.9 Å². The fraction of sp³-hybridized carbons (Fsp3) is 0.308. The number of anilines is 1. The van der Waals surface area contributed by atoms with Crippen molar-refractivity contribution in [3.63, 3.8) is 0 Å². The topological polar surface area (TPSA) is 16.1 Å². The fourth-order valence-electron chi connectivity index (χ4n) is 1.83. The van der Waals surface area contributed by atoms with Crippen molar-refractivity contribution in [2.24, 2.45) is 0 Å². The maximum absolute atomic E-state index is 4.53. The van der Waals surface area contributed by atoms with E-state index in [2.05, 4.69) is 62.7 Å². The van der Waals surface area contributed by atoms with Gasteiger partial charge in [-0.15, -0.1) is 0 Å². The molecule has 17 heavy (non-hydrogen) atoms. The number of hydrogen-bond donors (Lipinski definition) is 0. The number of hydrogen-bond acceptors (Lipinski definition) is 3. The first-order valence-electron chi connectivity index (χ1n) is 5.44. The highest BCUT2D eigenvalue weighted by Gasteiger charge is 2.07. The van der Waals surface area contributed by atoms with Crippen LogP contribution in [-0.2, 0) is 11.9 Å². The molecule has 2 nitrogen and oxygen atoms in total. The predicted octanol–water partition coefficient (Wildman–Crippen LogP) is 3.98. The van der Waals surface area contributed by atoms with Crippen LogP contribution in [0.25, 0.3) is 0 Å². The van der Waals surface area contributed by atoms with Crippen molar-refractivity contribution in [3.05, 3.63) is 45.8 Å². The summed E-state index contributed by atoms with van der Waals surface area (Å²) >= 11 is 5.18. The zero-order valence-corrected chi connectivity index (χ0v) is 12.4. The number of nitrogens with zero attached hydrogens (tertiary/aromatic N) is 2. The lowest BCUT2D eigenvalue weighted by atomic mass is 10.2. The van der Waals surface area contributed by atoms with Crippen LogP contribution in [0, 0.1) is 6.92 Å². The Morgan fingerprint density at radius 2 is 2.24 bits per heavy atom. The number of pyridine rings is 1. The van der Waals surface area contributed by atoms with Crippen molar-refractivity contribution in [2.45, 2.75) is 18.8 Å². The van der Waals surface area contributed by atoms with E-state index in [9.17, 15) is 0 Å². The Bertz CT molecular complexity index is 482. The average molecular weight is 311 g/mol. The Hall–Kier alpha value is -0.870. The smallest absolute Gasteiger partial charge is 0.131 e. The highest BCUT2D eigenvalue weighted by molar-refractivity contribution is 9.08. The Kier molecular flexibility index (Phi) is 4.18. The molecule has 0 bridgehead atoms. The molecule has 0 aliphatic heterocycles. The molecule has 0 saturated carbocycles. The van der Waals surface area contributed by atoms with E-state index in [1.807, 2.05) is 6.20 Å². The van der Waals surface area contributed by atoms with Gasteiger partial charge in [-0.05, 0) is 40.4 Å². The Morgan fingerprint density at radius 3 is 2.82 bits per heavy atom. The first-order valence-corrected chi connectivity index (χ1v) is 7.51. The summed E-state index contributed by atoms with van der Waals surface area (Å²) in [6, 6.07) is 4.34. The van der Waals surface area contributed by atoms with Gasteiger partial charge in [0.1, 0.15) is 5.82 Å². The minimum Gasteiger partial charge on any atom is -0.355 e. The van der Waals surface area contributed by atoms with E-state index in [-0.39, 0.29) is 0 Å². The second kappa shape index (κ2) is 5.65. The van der Waals surface area contributed by atoms with Crippen LogP contribution in [0.1, 0.15) is 16.7 Å². The minimum atomic E-state index is 0.857. The summed E-state index contributed by atoms with van der Waals surface area (Å²) in [5.41, 5.74) is 3.78. The van der Waals surface area contributed by atoms with E-state index in [1.54, 1.807) is 11.3 Å². The van der Waals surface area contributed by atoms with Gasteiger partial charge in [0.15, 0.2) is 0 Å². The van der Waals surface area contributed by atoms with Gasteiger partial charge >= 0.3 is 0 Å². The first kappa shape index (κ1) is 12.6. The minimum absolute atomic E-state index is 0.857. The second-order valence-corrected chi connectivity index (χ2v) is 5.45. The summed E-state index contributed by atoms with van der Waals surface area (Å²) in [6.07, 6.45) is 1.93. The number of alkyl halides is 1. The second-order valence-electron chi connectivity index (χ2n) is 4.11. The molecule has 0 fully saturated rings. The Balaban J connectivity index is 2.16. The van der Waals surface area contributed by atoms with Gasteiger partial charge in [-0.2, -0.15) is 11.3 Å². The molecule has 90 valence electrons. The van der Waals surface area contributed by atoms with E-state index in [0.29, 0.717) is 0 Å². The fourth-order valence-corrected chi connectivity index (χ4v) is 2.80. The predicted molar refractivity (Wildman–Crippen MR) is 78.0 cm³/mol. The summed E-state index contributed by atoms with van der Waals surface area (Å²) in [4.78, 5) is 6.72. The lowest BCUT2D eigenvalue weighted by Crippen LogP contribution is -2.18. The van der Waals surface area contributed by atoms with Gasteiger partial charge in [0.2, 0.25) is 0 Å². The van der Waals surface area contributed by atoms with Crippen molar-refractivity contribution in [3.8, 4) is 0 Å². The van der Waals surface area contributed by atoms with Crippen LogP contribution in [0.4, 0.5) is 5.82 Å². The van der Waals surface area contributed by atoms with Crippen LogP contribution in [0.2, 0.25) is 0 Å². The molecule has 0 aliphatic rings. The molecule has 0 amide bonds. The zero-order chi connectivity index (χ0) is 12.3. The molecule has 0 aliphatic carbocycles. The lowest BCUT2D eigenvalue weighted by molar-refractivity contribution is 0.892. The lowest BCUT2D eigenvalue weighted by Gasteiger charge is -2.19. The number of thiophene rings is 1. The molecule has 0 atom stereocenters. The van der Waals surface area contributed by atoms with Crippen molar-refractivity contribution < 1.29 is 0 Å². The van der Waals surface area contributed by atoms with E-state index in [0.717, 1.165) is 17.7 Å². The Labute approximate surface area is 114 Å². The summed E-state index contributed by atoms with van der Waals surface area (Å²) < 4.78 is 0. The zero-order valence-electron chi connectivity index (χ0n) is 9.98. The number of aryl methyl sites for hydroxylation is 1. The van der Waals surface area contributed by atoms with Crippen LogP contribution >= 0.6 is 27.3 Å². The van der Waals surface area contributed by atoms with Crippen LogP contribution in [0.3, 0.4) is 0 Å². The van der Waals surface area contributed by atoms with Crippen molar-refractivity contribution in [1.82, 2.24) is 4.98 Å². The van der Waals surface area contributed by atoms with Gasteiger partial charge in [-0.1, -0.05) is 22.0 Å². The summed E-state index contributed by atoms with van der Waals surface area (Å²) in [6.45, 7) is 3.02. The molecule has 0 saturated heterocycles. The first-order chi connectivity index (χ1) is 8.20. The van der Waals surface area contributed by atoms with Crippen LogP contribution in [0.15, 0.2) is 29.1 Å². The largest absolute Gasteiger partial charge is 0.355 e. The van der Waals surface area contributed by atoms with Crippen LogP contribution in [0.5, 0.6) is 0 Å². The molecule has 2 heterocycles. The number of halogens is 1. The quantitative estimate of drug-likeness (QED) is 0.794. The molecule has 0 aromatic carbocycles. The molecule has 0 N–H and O–H groups in total. The van der Waals surface area contributed by atoms with Gasteiger partial charge in [0.05, 0.1) is 0 Å². The maximum atomic E-state index is 4.53. The van der Waals surface area contributed by atoms with Crippen LogP contribution in [-0.4, -0.2) is 12.0 Å². The molecular weight excluding hydrogens is 296 g/mol. The molecule has 0 unspecified atom stereocenters. The molecule has 4 heteroatoms. The Morgan fingerprint density at radius 1 is 1.41 bits per heavy atom. The third-order valence-electron chi connectivity index (χ3n) is 2.62. The van der Waals surface area contributed by atoms with E-state index < -0.39 is 0 Å². The SMILES string of the molecule is Cc1cc(CBr)cnc1N(C)Cc1ccsc1. The van der Waals surface area contributed by atoms with Gasteiger partial charge in [-0.3, -0.25) is 0 Å². The van der Waals surface area contributed by atoms with Crippen LogP contribution < -0.4 is 4.90 Å². The monoisotopic (exact) mass is 310 g/mol. The van der Waals surface area contributed by atoms with Gasteiger partial charge < -0.3 is 4.90 Å². The molecule has 2 aromatic rings. The highest BCUT2D eigenvalue weighted by atomic mass is 79.9. The van der Waals surface area contributed by atoms with Crippen molar-refractivity contribution in [1.29, 1.82) is 0 Å². The molecule has 0 radical (unpaired) electrons. The summed E-state index contributed by atoms with van der Waals surface area (Å²) in [5.74, 6) is 1.06. The molecule has 2 aromatic heterocycles. The van der Waals surface area contributed by atoms with Gasteiger partial charge in [0.25, 0.3) is 0 Å². The third kappa shape index (κ3) is 3.07. The average Bonchev–Trinajstić information content (AvgIpc) is 2.81. The standard InChI is InChI=1S/C13H15BrN2S/c1-10-5-12(6-14)7-15-13(10)16(2)8-11-3-4-17-9-11/h3-5,7,9H,6,8H2,1-2H3. The molecular formula is C13H15BrN2S.